The third-order valence-corrected chi connectivity index (χ3v) is 2.45. The van der Waals surface area contributed by atoms with Gasteiger partial charge in [-0.15, -0.1) is 0 Å². The van der Waals surface area contributed by atoms with Crippen molar-refractivity contribution in [3.05, 3.63) is 78.4 Å². The first kappa shape index (κ1) is 18.6. The van der Waals surface area contributed by atoms with Crippen LogP contribution in [0.3, 0.4) is 0 Å². The summed E-state index contributed by atoms with van der Waals surface area (Å²) in [6.45, 7) is 13.4. The van der Waals surface area contributed by atoms with Gasteiger partial charge in [-0.25, -0.2) is 0 Å². The van der Waals surface area contributed by atoms with Gasteiger partial charge in [0, 0.05) is 5.56 Å². The average Bonchev–Trinajstić information content (AvgIpc) is 2.52. The molecule has 0 spiro atoms. The van der Waals surface area contributed by atoms with Crippen LogP contribution in [0.25, 0.3) is 0 Å². The van der Waals surface area contributed by atoms with Crippen LogP contribution in [-0.4, -0.2) is 12.9 Å². The molecule has 0 saturated heterocycles. The first-order chi connectivity index (χ1) is 10.1. The zero-order valence-electron chi connectivity index (χ0n) is 13.3. The molecule has 2 heteroatoms. The van der Waals surface area contributed by atoms with Crippen molar-refractivity contribution >= 4 is 5.78 Å². The van der Waals surface area contributed by atoms with Gasteiger partial charge in [0.15, 0.2) is 5.78 Å². The van der Waals surface area contributed by atoms with Gasteiger partial charge in [-0.05, 0) is 42.8 Å². The van der Waals surface area contributed by atoms with Crippen LogP contribution in [0, 0.1) is 0 Å². The number of hydrogen-bond donors (Lipinski definition) is 0. The topological polar surface area (TPSA) is 26.3 Å². The Morgan fingerprint density at radius 2 is 1.71 bits per heavy atom. The Hall–Kier alpha value is -2.35. The number of carbonyl (C=O) groups excluding carboxylic acids is 1. The minimum absolute atomic E-state index is 0.0582. The molecule has 0 amide bonds. The monoisotopic (exact) mass is 284 g/mol. The molecule has 0 radical (unpaired) electrons. The zero-order chi connectivity index (χ0) is 16.3. The molecule has 112 valence electrons. The van der Waals surface area contributed by atoms with Gasteiger partial charge in [0.25, 0.3) is 0 Å². The van der Waals surface area contributed by atoms with Gasteiger partial charge in [-0.3, -0.25) is 4.79 Å². The lowest BCUT2D eigenvalue weighted by molar-refractivity contribution is 0.104. The van der Waals surface area contributed by atoms with E-state index >= 15 is 0 Å². The van der Waals surface area contributed by atoms with E-state index in [-0.39, 0.29) is 5.78 Å². The Balaban J connectivity index is 0.00000191. The molecule has 2 nitrogen and oxygen atoms in total. The minimum atomic E-state index is -0.0582. The first-order valence-electron chi connectivity index (χ1n) is 6.93. The van der Waals surface area contributed by atoms with E-state index in [0.717, 1.165) is 16.9 Å². The van der Waals surface area contributed by atoms with Crippen molar-refractivity contribution in [1.29, 1.82) is 0 Å². The van der Waals surface area contributed by atoms with Gasteiger partial charge in [0.05, 0.1) is 7.11 Å². The Labute approximate surface area is 128 Å². The smallest absolute Gasteiger partial charge is 0.185 e. The molecule has 0 N–H and O–H groups in total. The van der Waals surface area contributed by atoms with Crippen molar-refractivity contribution in [3.63, 3.8) is 0 Å². The van der Waals surface area contributed by atoms with Crippen LogP contribution >= 0.6 is 0 Å². The van der Waals surface area contributed by atoms with Crippen molar-refractivity contribution < 1.29 is 9.53 Å². The minimum Gasteiger partial charge on any atom is -0.497 e. The zero-order valence-corrected chi connectivity index (χ0v) is 13.3. The van der Waals surface area contributed by atoms with Gasteiger partial charge >= 0.3 is 0 Å². The molecule has 0 aliphatic rings. The number of methoxy groups -OCH3 is 1. The molecule has 0 heterocycles. The van der Waals surface area contributed by atoms with Gasteiger partial charge in [0.2, 0.25) is 0 Å². The van der Waals surface area contributed by atoms with Gasteiger partial charge in [0.1, 0.15) is 5.75 Å². The van der Waals surface area contributed by atoms with E-state index < -0.39 is 0 Å². The largest absolute Gasteiger partial charge is 0.497 e. The summed E-state index contributed by atoms with van der Waals surface area (Å²) in [5.74, 6) is 0.673. The van der Waals surface area contributed by atoms with Crippen molar-refractivity contribution in [1.82, 2.24) is 0 Å². The molecule has 0 aliphatic heterocycles. The summed E-state index contributed by atoms with van der Waals surface area (Å²) < 4.78 is 5.05. The lowest BCUT2D eigenvalue weighted by atomic mass is 10.1. The fourth-order valence-corrected chi connectivity index (χ4v) is 1.48. The Kier molecular flexibility index (Phi) is 9.27. The quantitative estimate of drug-likeness (QED) is 0.410. The molecule has 0 aliphatic carbocycles. The molecular formula is C19H24O2. The molecule has 0 bridgehead atoms. The number of ketones is 1. The van der Waals surface area contributed by atoms with Crippen LogP contribution in [0.5, 0.6) is 5.75 Å². The third kappa shape index (κ3) is 7.11. The van der Waals surface area contributed by atoms with Crippen LogP contribution in [-0.2, 0) is 0 Å². The Bertz CT molecular complexity index is 531. The van der Waals surface area contributed by atoms with E-state index in [1.165, 1.54) is 6.08 Å². The molecule has 21 heavy (non-hydrogen) atoms. The fourth-order valence-electron chi connectivity index (χ4n) is 1.48. The van der Waals surface area contributed by atoms with Crippen LogP contribution in [0.2, 0.25) is 0 Å². The molecule has 0 saturated carbocycles. The lowest BCUT2D eigenvalue weighted by Crippen LogP contribution is -1.94. The van der Waals surface area contributed by atoms with Crippen LogP contribution in [0.15, 0.2) is 72.9 Å². The lowest BCUT2D eigenvalue weighted by Gasteiger charge is -2.00. The number of ether oxygens (including phenoxy) is 1. The summed E-state index contributed by atoms with van der Waals surface area (Å²) in [5, 5.41) is 0. The van der Waals surface area contributed by atoms with Gasteiger partial charge in [-0.1, -0.05) is 50.8 Å². The maximum absolute atomic E-state index is 11.9. The highest BCUT2D eigenvalue weighted by Gasteiger charge is 2.01. The molecule has 1 aromatic carbocycles. The second kappa shape index (κ2) is 10.4. The maximum Gasteiger partial charge on any atom is 0.185 e. The molecular weight excluding hydrogens is 260 g/mol. The summed E-state index contributed by atoms with van der Waals surface area (Å²) in [6.07, 6.45) is 6.81. The van der Waals surface area contributed by atoms with Crippen LogP contribution < -0.4 is 4.74 Å². The standard InChI is InChI=1S/C17H18O2.C2H6/c1-5-14(12-13(2)3)6-11-17(18)15-7-9-16(19-4)10-8-15;1-2/h5-12H,1-2H2,3-4H3;1-2H3/b11-6+,14-12+;. The molecule has 1 aromatic rings. The highest BCUT2D eigenvalue weighted by molar-refractivity contribution is 6.04. The van der Waals surface area contributed by atoms with Crippen molar-refractivity contribution in [2.24, 2.45) is 0 Å². The second-order valence-electron chi connectivity index (χ2n) is 4.12. The summed E-state index contributed by atoms with van der Waals surface area (Å²) in [6, 6.07) is 7.00. The summed E-state index contributed by atoms with van der Waals surface area (Å²) in [4.78, 5) is 11.9. The van der Waals surface area contributed by atoms with Crippen LogP contribution in [0.4, 0.5) is 0 Å². The highest BCUT2D eigenvalue weighted by atomic mass is 16.5. The van der Waals surface area contributed by atoms with E-state index in [9.17, 15) is 4.79 Å². The number of rotatable bonds is 6. The van der Waals surface area contributed by atoms with Crippen molar-refractivity contribution in [2.45, 2.75) is 20.8 Å². The van der Waals surface area contributed by atoms with Gasteiger partial charge in [-0.2, -0.15) is 0 Å². The number of carbonyl (C=O) groups is 1. The molecule has 1 rings (SSSR count). The molecule has 0 atom stereocenters. The summed E-state index contributed by atoms with van der Waals surface area (Å²) in [7, 11) is 1.59. The number of allylic oxidation sites excluding steroid dienone is 6. The fraction of sp³-hybridized carbons (Fsp3) is 0.211. The maximum atomic E-state index is 11.9. The van der Waals surface area contributed by atoms with E-state index in [4.69, 9.17) is 4.74 Å². The third-order valence-electron chi connectivity index (χ3n) is 2.45. The van der Waals surface area contributed by atoms with Crippen molar-refractivity contribution in [2.75, 3.05) is 7.11 Å². The van der Waals surface area contributed by atoms with E-state index in [0.29, 0.717) is 5.56 Å². The Morgan fingerprint density at radius 1 is 1.14 bits per heavy atom. The normalized spacial score (nSPS) is 10.6. The van der Waals surface area contributed by atoms with Crippen molar-refractivity contribution in [3.8, 4) is 5.75 Å². The van der Waals surface area contributed by atoms with E-state index in [2.05, 4.69) is 13.2 Å². The van der Waals surface area contributed by atoms with Crippen LogP contribution in [0.1, 0.15) is 31.1 Å². The predicted molar refractivity (Wildman–Crippen MR) is 90.9 cm³/mol. The molecule has 0 unspecified atom stereocenters. The summed E-state index contributed by atoms with van der Waals surface area (Å²) >= 11 is 0. The molecule has 0 fully saturated rings. The Morgan fingerprint density at radius 3 is 2.14 bits per heavy atom. The molecule has 0 aromatic heterocycles. The number of hydrogen-bond acceptors (Lipinski definition) is 2. The summed E-state index contributed by atoms with van der Waals surface area (Å²) in [5.41, 5.74) is 2.39. The van der Waals surface area contributed by atoms with E-state index in [1.807, 2.05) is 26.8 Å². The second-order valence-corrected chi connectivity index (χ2v) is 4.12. The predicted octanol–water partition coefficient (Wildman–Crippen LogP) is 5.15. The van der Waals surface area contributed by atoms with E-state index in [1.54, 1.807) is 43.5 Å². The number of benzene rings is 1. The van der Waals surface area contributed by atoms with Gasteiger partial charge < -0.3 is 4.74 Å². The average molecular weight is 284 g/mol. The highest BCUT2D eigenvalue weighted by Crippen LogP contribution is 2.12. The first-order valence-corrected chi connectivity index (χ1v) is 6.93. The SMILES string of the molecule is C=CC(/C=C/C(=O)c1ccc(OC)cc1)=C\C(=C)C.CC.